The molecule has 1 N–H and O–H groups in total. The summed E-state index contributed by atoms with van der Waals surface area (Å²) >= 11 is 0. The van der Waals surface area contributed by atoms with Crippen LogP contribution in [0.2, 0.25) is 0 Å². The lowest BCUT2D eigenvalue weighted by atomic mass is 10.4. The maximum absolute atomic E-state index is 4.72. The molecular formula is C9H16N2O2. The second-order valence-electron chi connectivity index (χ2n) is 2.69. The summed E-state index contributed by atoms with van der Waals surface area (Å²) in [7, 11) is 0. The van der Waals surface area contributed by atoms with E-state index in [0.29, 0.717) is 0 Å². The van der Waals surface area contributed by atoms with E-state index in [0.717, 1.165) is 26.4 Å². The molecule has 0 unspecified atom stereocenters. The zero-order chi connectivity index (χ0) is 9.19. The van der Waals surface area contributed by atoms with Crippen LogP contribution in [0.3, 0.4) is 0 Å². The number of ether oxygens (including phenoxy) is 2. The number of aromatic nitrogens is 2. The lowest BCUT2D eigenvalue weighted by Gasteiger charge is -2.09. The quantitative estimate of drug-likeness (QED) is 0.659. The number of nitrogens with zero attached hydrogens (tertiary/aromatic N) is 1. The standard InChI is InChI=1S/C3H4N2.2C3H6O/c1-2-5-3-4-1;2*1-2-4-3-1/h1-3H,(H,4,5);2*1-3H2. The number of imidazole rings is 1. The highest BCUT2D eigenvalue weighted by Gasteiger charge is 1.94. The van der Waals surface area contributed by atoms with E-state index in [9.17, 15) is 0 Å². The Kier molecular flexibility index (Phi) is 6.10. The molecule has 3 rings (SSSR count). The molecule has 0 atom stereocenters. The topological polar surface area (TPSA) is 47.1 Å². The lowest BCUT2D eigenvalue weighted by molar-refractivity contribution is 0.0366. The fraction of sp³-hybridized carbons (Fsp3) is 0.667. The van der Waals surface area contributed by atoms with Crippen molar-refractivity contribution in [2.24, 2.45) is 0 Å². The molecule has 0 saturated carbocycles. The molecule has 0 amide bonds. The minimum atomic E-state index is 1.00. The maximum Gasteiger partial charge on any atom is 0.0919 e. The van der Waals surface area contributed by atoms with E-state index in [1.165, 1.54) is 12.8 Å². The van der Waals surface area contributed by atoms with E-state index in [2.05, 4.69) is 9.97 Å². The first kappa shape index (κ1) is 10.2. The fourth-order valence-corrected chi connectivity index (χ4v) is 0.504. The lowest BCUT2D eigenvalue weighted by Crippen LogP contribution is -2.09. The smallest absolute Gasteiger partial charge is 0.0919 e. The van der Waals surface area contributed by atoms with Crippen molar-refractivity contribution in [3.8, 4) is 0 Å². The van der Waals surface area contributed by atoms with Gasteiger partial charge in [-0.15, -0.1) is 0 Å². The molecule has 13 heavy (non-hydrogen) atoms. The molecule has 4 heteroatoms. The van der Waals surface area contributed by atoms with Crippen LogP contribution in [0.4, 0.5) is 0 Å². The molecule has 1 aromatic heterocycles. The van der Waals surface area contributed by atoms with E-state index in [-0.39, 0.29) is 0 Å². The third-order valence-electron chi connectivity index (χ3n) is 1.56. The monoisotopic (exact) mass is 184 g/mol. The SMILES string of the molecule is C1COC1.C1COC1.c1c[nH]cn1. The van der Waals surface area contributed by atoms with E-state index in [1.807, 2.05) is 0 Å². The zero-order valence-corrected chi connectivity index (χ0v) is 7.74. The van der Waals surface area contributed by atoms with E-state index in [1.54, 1.807) is 18.7 Å². The first-order valence-corrected chi connectivity index (χ1v) is 4.58. The van der Waals surface area contributed by atoms with Crippen molar-refractivity contribution in [2.45, 2.75) is 12.8 Å². The van der Waals surface area contributed by atoms with Gasteiger partial charge in [0, 0.05) is 38.8 Å². The van der Waals surface area contributed by atoms with E-state index >= 15 is 0 Å². The fourth-order valence-electron chi connectivity index (χ4n) is 0.504. The van der Waals surface area contributed by atoms with E-state index < -0.39 is 0 Å². The van der Waals surface area contributed by atoms with Gasteiger partial charge in [0.25, 0.3) is 0 Å². The van der Waals surface area contributed by atoms with Gasteiger partial charge in [-0.05, 0) is 12.8 Å². The molecular weight excluding hydrogens is 168 g/mol. The van der Waals surface area contributed by atoms with Gasteiger partial charge in [0.1, 0.15) is 0 Å². The second-order valence-corrected chi connectivity index (χ2v) is 2.69. The first-order valence-electron chi connectivity index (χ1n) is 4.58. The molecule has 0 aromatic carbocycles. The molecule has 0 spiro atoms. The Morgan fingerprint density at radius 2 is 1.46 bits per heavy atom. The number of hydrogen-bond donors (Lipinski definition) is 1. The Morgan fingerprint density at radius 3 is 1.54 bits per heavy atom. The Labute approximate surface area is 78.3 Å². The Hall–Kier alpha value is -0.870. The van der Waals surface area contributed by atoms with Crippen LogP contribution in [-0.4, -0.2) is 36.4 Å². The van der Waals surface area contributed by atoms with Crippen LogP contribution >= 0.6 is 0 Å². The molecule has 0 bridgehead atoms. The number of hydrogen-bond acceptors (Lipinski definition) is 3. The van der Waals surface area contributed by atoms with Gasteiger partial charge in [-0.2, -0.15) is 0 Å². The van der Waals surface area contributed by atoms with Gasteiger partial charge in [-0.25, -0.2) is 4.98 Å². The summed E-state index contributed by atoms with van der Waals surface area (Å²) in [6, 6.07) is 0. The normalized spacial score (nSPS) is 17.8. The Morgan fingerprint density at radius 1 is 1.00 bits per heavy atom. The van der Waals surface area contributed by atoms with Crippen LogP contribution in [0, 0.1) is 0 Å². The molecule has 1 aromatic rings. The number of nitrogens with one attached hydrogen (secondary N) is 1. The van der Waals surface area contributed by atoms with Crippen LogP contribution in [0.1, 0.15) is 12.8 Å². The molecule has 2 saturated heterocycles. The highest BCUT2D eigenvalue weighted by molar-refractivity contribution is 4.64. The second kappa shape index (κ2) is 7.76. The van der Waals surface area contributed by atoms with Crippen LogP contribution in [0.5, 0.6) is 0 Å². The summed E-state index contributed by atoms with van der Waals surface area (Å²) in [6.07, 6.45) is 7.64. The van der Waals surface area contributed by atoms with Crippen molar-refractivity contribution < 1.29 is 9.47 Å². The highest BCUT2D eigenvalue weighted by Crippen LogP contribution is 1.93. The maximum atomic E-state index is 4.72. The minimum absolute atomic E-state index is 1.00. The molecule has 2 aliphatic rings. The van der Waals surface area contributed by atoms with Crippen LogP contribution < -0.4 is 0 Å². The van der Waals surface area contributed by atoms with Gasteiger partial charge in [0.05, 0.1) is 6.33 Å². The molecule has 74 valence electrons. The van der Waals surface area contributed by atoms with Crippen LogP contribution in [0.25, 0.3) is 0 Å². The molecule has 2 fully saturated rings. The first-order chi connectivity index (χ1) is 6.50. The summed E-state index contributed by atoms with van der Waals surface area (Å²) in [4.78, 5) is 6.42. The van der Waals surface area contributed by atoms with Crippen molar-refractivity contribution in [3.05, 3.63) is 18.7 Å². The molecule has 4 nitrogen and oxygen atoms in total. The largest absolute Gasteiger partial charge is 0.381 e. The predicted octanol–water partition coefficient (Wildman–Crippen LogP) is 1.22. The third-order valence-corrected chi connectivity index (χ3v) is 1.56. The molecule has 3 heterocycles. The number of aromatic amines is 1. The average Bonchev–Trinajstić information content (AvgIpc) is 2.28. The van der Waals surface area contributed by atoms with Crippen molar-refractivity contribution >= 4 is 0 Å². The summed E-state index contributed by atoms with van der Waals surface area (Å²) < 4.78 is 9.44. The zero-order valence-electron chi connectivity index (χ0n) is 7.74. The van der Waals surface area contributed by atoms with Gasteiger partial charge in [0.2, 0.25) is 0 Å². The summed E-state index contributed by atoms with van der Waals surface area (Å²) in [5.41, 5.74) is 0. The van der Waals surface area contributed by atoms with E-state index in [4.69, 9.17) is 9.47 Å². The third kappa shape index (κ3) is 6.31. The summed E-state index contributed by atoms with van der Waals surface area (Å²) in [6.45, 7) is 4.00. The highest BCUT2D eigenvalue weighted by atomic mass is 16.5. The predicted molar refractivity (Wildman–Crippen MR) is 49.5 cm³/mol. The van der Waals surface area contributed by atoms with Gasteiger partial charge >= 0.3 is 0 Å². The Bertz CT molecular complexity index is 137. The van der Waals surface area contributed by atoms with Gasteiger partial charge in [0.15, 0.2) is 0 Å². The Balaban J connectivity index is 0.0000000984. The van der Waals surface area contributed by atoms with Gasteiger partial charge in [-0.1, -0.05) is 0 Å². The number of H-pyrrole nitrogens is 1. The summed E-state index contributed by atoms with van der Waals surface area (Å²) in [5, 5.41) is 0. The van der Waals surface area contributed by atoms with Crippen molar-refractivity contribution in [2.75, 3.05) is 26.4 Å². The molecule has 0 radical (unpaired) electrons. The van der Waals surface area contributed by atoms with Gasteiger partial charge < -0.3 is 14.5 Å². The average molecular weight is 184 g/mol. The van der Waals surface area contributed by atoms with Crippen molar-refractivity contribution in [1.82, 2.24) is 9.97 Å². The molecule has 2 aliphatic heterocycles. The summed E-state index contributed by atoms with van der Waals surface area (Å²) in [5.74, 6) is 0. The van der Waals surface area contributed by atoms with Crippen molar-refractivity contribution in [3.63, 3.8) is 0 Å². The molecule has 0 aliphatic carbocycles. The van der Waals surface area contributed by atoms with Gasteiger partial charge in [-0.3, -0.25) is 0 Å². The van der Waals surface area contributed by atoms with Crippen molar-refractivity contribution in [1.29, 1.82) is 0 Å². The number of rotatable bonds is 0. The minimum Gasteiger partial charge on any atom is -0.381 e. The van der Waals surface area contributed by atoms with Crippen LogP contribution in [0.15, 0.2) is 18.7 Å². The van der Waals surface area contributed by atoms with Crippen LogP contribution in [-0.2, 0) is 9.47 Å².